The summed E-state index contributed by atoms with van der Waals surface area (Å²) in [5.74, 6) is 0.248. The number of methoxy groups -OCH3 is 1. The van der Waals surface area contributed by atoms with Gasteiger partial charge in [-0.1, -0.05) is 0 Å². The Balaban J connectivity index is 2.18. The summed E-state index contributed by atoms with van der Waals surface area (Å²) < 4.78 is 5.82. The van der Waals surface area contributed by atoms with Crippen molar-refractivity contribution < 1.29 is 18.9 Å². The summed E-state index contributed by atoms with van der Waals surface area (Å²) >= 11 is 0. The first-order valence-corrected chi connectivity index (χ1v) is 8.24. The topological polar surface area (TPSA) is 81.5 Å². The van der Waals surface area contributed by atoms with Crippen molar-refractivity contribution >= 4 is 17.3 Å². The van der Waals surface area contributed by atoms with Crippen molar-refractivity contribution in [2.45, 2.75) is 44.7 Å². The van der Waals surface area contributed by atoms with Gasteiger partial charge in [0, 0.05) is 12.1 Å². The molecule has 0 aliphatic heterocycles. The van der Waals surface area contributed by atoms with E-state index in [2.05, 4.69) is 19.4 Å². The van der Waals surface area contributed by atoms with E-state index in [0.717, 1.165) is 12.8 Å². The first kappa shape index (κ1) is 18.2. The molecular formula is C17H26N3O4+. The van der Waals surface area contributed by atoms with Gasteiger partial charge in [-0.2, -0.15) is 0 Å². The number of anilines is 1. The molecule has 1 saturated carbocycles. The van der Waals surface area contributed by atoms with Crippen LogP contribution in [-0.4, -0.2) is 48.6 Å². The van der Waals surface area contributed by atoms with Gasteiger partial charge in [0.15, 0.2) is 6.04 Å². The van der Waals surface area contributed by atoms with E-state index in [-0.39, 0.29) is 17.6 Å². The maximum absolute atomic E-state index is 12.7. The molecule has 1 aromatic carbocycles. The third-order valence-electron chi connectivity index (χ3n) is 5.30. The minimum atomic E-state index is -0.489. The summed E-state index contributed by atoms with van der Waals surface area (Å²) in [5, 5.41) is 13.8. The van der Waals surface area contributed by atoms with Crippen molar-refractivity contribution in [2.24, 2.45) is 0 Å². The number of carbonyl (C=O) groups excluding carboxylic acids is 1. The lowest BCUT2D eigenvalue weighted by molar-refractivity contribution is -0.927. The molecular weight excluding hydrogens is 310 g/mol. The average Bonchev–Trinajstić information content (AvgIpc) is 3.09. The number of benzene rings is 1. The second-order valence-corrected chi connectivity index (χ2v) is 6.87. The number of hydrogen-bond acceptors (Lipinski definition) is 4. The number of nitrogens with zero attached hydrogens (tertiary/aromatic N) is 2. The normalized spacial score (nSPS) is 16.7. The molecule has 0 spiro atoms. The number of hydrogen-bond donors (Lipinski definition) is 1. The van der Waals surface area contributed by atoms with Gasteiger partial charge in [-0.3, -0.25) is 14.9 Å². The second kappa shape index (κ2) is 7.17. The first-order chi connectivity index (χ1) is 11.3. The number of ether oxygens (including phenoxy) is 1. The number of carbonyl (C=O) groups is 1. The van der Waals surface area contributed by atoms with Crippen molar-refractivity contribution in [2.75, 3.05) is 26.5 Å². The summed E-state index contributed by atoms with van der Waals surface area (Å²) in [7, 11) is 5.62. The smallest absolute Gasteiger partial charge is 0.282 e. The molecule has 1 fully saturated rings. The van der Waals surface area contributed by atoms with Crippen molar-refractivity contribution in [1.29, 1.82) is 0 Å². The molecule has 1 atom stereocenters. The molecule has 132 valence electrons. The summed E-state index contributed by atoms with van der Waals surface area (Å²) in [6.45, 7) is 1.90. The quantitative estimate of drug-likeness (QED) is 0.492. The lowest BCUT2D eigenvalue weighted by atomic mass is 10.1. The lowest BCUT2D eigenvalue weighted by Crippen LogP contribution is -2.58. The van der Waals surface area contributed by atoms with E-state index in [1.54, 1.807) is 0 Å². The monoisotopic (exact) mass is 336 g/mol. The van der Waals surface area contributed by atoms with Crippen LogP contribution in [0.3, 0.4) is 0 Å². The van der Waals surface area contributed by atoms with Crippen LogP contribution in [0.4, 0.5) is 11.4 Å². The fraction of sp³-hybridized carbons (Fsp3) is 0.588. The van der Waals surface area contributed by atoms with Gasteiger partial charge in [0.2, 0.25) is 0 Å². The maximum atomic E-state index is 12.7. The van der Waals surface area contributed by atoms with E-state index in [0.29, 0.717) is 22.0 Å². The highest BCUT2D eigenvalue weighted by molar-refractivity contribution is 5.95. The summed E-state index contributed by atoms with van der Waals surface area (Å²) in [6.07, 6.45) is 4.67. The average molecular weight is 336 g/mol. The van der Waals surface area contributed by atoms with Crippen molar-refractivity contribution in [3.05, 3.63) is 28.3 Å². The zero-order chi connectivity index (χ0) is 17.9. The standard InChI is InChI=1S/C17H25N3O4/c1-12(20(2,3)14-7-5-6-8-14)17(21)18-15-11-13(19(22)23)9-10-16(15)24-4/h9-12,14H,5-8H2,1-4H3/p+1/t12-/m0/s1. The molecule has 7 heteroatoms. The largest absolute Gasteiger partial charge is 0.495 e. The SMILES string of the molecule is COc1ccc([N+](=O)[O-])cc1NC(=O)[C@H](C)[N+](C)(C)C1CCCC1. The molecule has 7 nitrogen and oxygen atoms in total. The predicted octanol–water partition coefficient (Wildman–Crippen LogP) is 2.95. The number of amides is 1. The number of nitrogens with one attached hydrogen (secondary N) is 1. The molecule has 1 aliphatic rings. The highest BCUT2D eigenvalue weighted by Crippen LogP contribution is 2.31. The Morgan fingerprint density at radius 1 is 1.38 bits per heavy atom. The van der Waals surface area contributed by atoms with Gasteiger partial charge in [-0.15, -0.1) is 0 Å². The van der Waals surface area contributed by atoms with Gasteiger partial charge < -0.3 is 14.5 Å². The molecule has 0 bridgehead atoms. The summed E-state index contributed by atoms with van der Waals surface area (Å²) in [6, 6.07) is 4.39. The zero-order valence-electron chi connectivity index (χ0n) is 14.7. The molecule has 0 heterocycles. The van der Waals surface area contributed by atoms with Crippen LogP contribution in [0.5, 0.6) is 5.75 Å². The Hall–Kier alpha value is -2.15. The summed E-state index contributed by atoms with van der Waals surface area (Å²) in [4.78, 5) is 23.2. The van der Waals surface area contributed by atoms with Crippen LogP contribution in [-0.2, 0) is 4.79 Å². The van der Waals surface area contributed by atoms with E-state index >= 15 is 0 Å². The van der Waals surface area contributed by atoms with Crippen LogP contribution in [0.15, 0.2) is 18.2 Å². The number of quaternary nitrogens is 1. The predicted molar refractivity (Wildman–Crippen MR) is 92.1 cm³/mol. The Morgan fingerprint density at radius 3 is 2.54 bits per heavy atom. The third kappa shape index (κ3) is 3.67. The van der Waals surface area contributed by atoms with Gasteiger partial charge in [-0.05, 0) is 38.7 Å². The molecule has 1 aliphatic carbocycles. The molecule has 2 rings (SSSR count). The number of rotatable bonds is 6. The van der Waals surface area contributed by atoms with Gasteiger partial charge in [0.25, 0.3) is 11.6 Å². The van der Waals surface area contributed by atoms with Crippen LogP contribution in [0.2, 0.25) is 0 Å². The fourth-order valence-electron chi connectivity index (χ4n) is 3.33. The molecule has 1 amide bonds. The molecule has 0 unspecified atom stereocenters. The second-order valence-electron chi connectivity index (χ2n) is 6.87. The van der Waals surface area contributed by atoms with Crippen LogP contribution < -0.4 is 10.1 Å². The third-order valence-corrected chi connectivity index (χ3v) is 5.30. The highest BCUT2D eigenvalue weighted by Gasteiger charge is 2.39. The number of likely N-dealkylation sites (N-methyl/N-ethyl adjacent to an activating group) is 1. The lowest BCUT2D eigenvalue weighted by Gasteiger charge is -2.40. The minimum absolute atomic E-state index is 0.0803. The zero-order valence-corrected chi connectivity index (χ0v) is 14.7. The van der Waals surface area contributed by atoms with Gasteiger partial charge in [0.1, 0.15) is 5.75 Å². The van der Waals surface area contributed by atoms with Gasteiger partial charge >= 0.3 is 0 Å². The summed E-state index contributed by atoms with van der Waals surface area (Å²) in [5.41, 5.74) is 0.248. The van der Waals surface area contributed by atoms with Crippen LogP contribution in [0.1, 0.15) is 32.6 Å². The molecule has 0 saturated heterocycles. The van der Waals surface area contributed by atoms with E-state index in [1.165, 1.54) is 38.2 Å². The van der Waals surface area contributed by atoms with Gasteiger partial charge in [0.05, 0.1) is 37.9 Å². The van der Waals surface area contributed by atoms with Crippen LogP contribution in [0, 0.1) is 10.1 Å². The Bertz CT molecular complexity index is 624. The van der Waals surface area contributed by atoms with Crippen molar-refractivity contribution in [3.8, 4) is 5.75 Å². The number of nitro benzene ring substituents is 1. The molecule has 1 N–H and O–H groups in total. The Kier molecular flexibility index (Phi) is 5.43. The van der Waals surface area contributed by atoms with Crippen molar-refractivity contribution in [3.63, 3.8) is 0 Å². The Labute approximate surface area is 142 Å². The van der Waals surface area contributed by atoms with Crippen LogP contribution >= 0.6 is 0 Å². The minimum Gasteiger partial charge on any atom is -0.495 e. The Morgan fingerprint density at radius 2 is 2.00 bits per heavy atom. The molecule has 24 heavy (non-hydrogen) atoms. The van der Waals surface area contributed by atoms with E-state index in [1.807, 2.05) is 6.92 Å². The number of non-ortho nitro benzene ring substituents is 1. The highest BCUT2D eigenvalue weighted by atomic mass is 16.6. The van der Waals surface area contributed by atoms with Gasteiger partial charge in [-0.25, -0.2) is 0 Å². The van der Waals surface area contributed by atoms with E-state index in [9.17, 15) is 14.9 Å². The van der Waals surface area contributed by atoms with Crippen LogP contribution in [0.25, 0.3) is 0 Å². The number of nitro groups is 1. The maximum Gasteiger partial charge on any atom is 0.282 e. The molecule has 0 aromatic heterocycles. The molecule has 1 aromatic rings. The molecule has 0 radical (unpaired) electrons. The first-order valence-electron chi connectivity index (χ1n) is 8.24. The van der Waals surface area contributed by atoms with E-state index < -0.39 is 4.92 Å². The van der Waals surface area contributed by atoms with Crippen molar-refractivity contribution in [1.82, 2.24) is 0 Å². The fourth-order valence-corrected chi connectivity index (χ4v) is 3.33. The van der Waals surface area contributed by atoms with E-state index in [4.69, 9.17) is 4.74 Å².